The lowest BCUT2D eigenvalue weighted by atomic mass is 10.1. The molecule has 2 aromatic carbocycles. The van der Waals surface area contributed by atoms with E-state index < -0.39 is 18.5 Å². The number of esters is 1. The fraction of sp³-hybridized carbons (Fsp3) is 0.227. The molecule has 0 radical (unpaired) electrons. The second-order valence-electron chi connectivity index (χ2n) is 6.96. The van der Waals surface area contributed by atoms with Gasteiger partial charge in [0, 0.05) is 29.9 Å². The van der Waals surface area contributed by atoms with Gasteiger partial charge in [0.2, 0.25) is 0 Å². The summed E-state index contributed by atoms with van der Waals surface area (Å²) in [5.41, 5.74) is 1.40. The summed E-state index contributed by atoms with van der Waals surface area (Å²) in [5.74, 6) is -1.21. The lowest BCUT2D eigenvalue weighted by molar-refractivity contribution is -0.119. The summed E-state index contributed by atoms with van der Waals surface area (Å²) in [6.07, 6.45) is 2.40. The Morgan fingerprint density at radius 2 is 1.76 bits per heavy atom. The lowest BCUT2D eigenvalue weighted by Crippen LogP contribution is -2.22. The smallest absolute Gasteiger partial charge is 0.355 e. The molecule has 148 valence electrons. The van der Waals surface area contributed by atoms with E-state index in [1.807, 2.05) is 24.3 Å². The number of carbonyl (C=O) groups is 2. The Balaban J connectivity index is 1.34. The van der Waals surface area contributed by atoms with Gasteiger partial charge in [0.15, 0.2) is 6.61 Å². The predicted molar refractivity (Wildman–Crippen MR) is 111 cm³/mol. The SMILES string of the molecule is O=C(COC(=O)c1cc2ccccc2c(=O)[nH]1)Nc1ccc(N2CCCC2)cc1. The van der Waals surface area contributed by atoms with Crippen molar-refractivity contribution in [2.45, 2.75) is 12.8 Å². The number of fused-ring (bicyclic) bond motifs is 1. The van der Waals surface area contributed by atoms with Gasteiger partial charge in [-0.3, -0.25) is 9.59 Å². The van der Waals surface area contributed by atoms with Crippen LogP contribution in [0.25, 0.3) is 10.8 Å². The second kappa shape index (κ2) is 8.18. The second-order valence-corrected chi connectivity index (χ2v) is 6.96. The number of pyridine rings is 1. The average Bonchev–Trinajstić information content (AvgIpc) is 3.27. The Hall–Kier alpha value is -3.61. The number of amides is 1. The lowest BCUT2D eigenvalue weighted by Gasteiger charge is -2.17. The van der Waals surface area contributed by atoms with Crippen molar-refractivity contribution in [3.63, 3.8) is 0 Å². The van der Waals surface area contributed by atoms with E-state index in [1.54, 1.807) is 24.3 Å². The van der Waals surface area contributed by atoms with Crippen LogP contribution in [0.4, 0.5) is 11.4 Å². The zero-order valence-corrected chi connectivity index (χ0v) is 15.8. The molecule has 0 spiro atoms. The van der Waals surface area contributed by atoms with Crippen molar-refractivity contribution in [2.75, 3.05) is 29.9 Å². The number of aromatic nitrogens is 1. The van der Waals surface area contributed by atoms with Crippen LogP contribution >= 0.6 is 0 Å². The highest BCUT2D eigenvalue weighted by molar-refractivity contribution is 5.96. The normalized spacial score (nSPS) is 13.4. The highest BCUT2D eigenvalue weighted by atomic mass is 16.5. The Morgan fingerprint density at radius 3 is 2.52 bits per heavy atom. The molecule has 1 fully saturated rings. The van der Waals surface area contributed by atoms with Crippen molar-refractivity contribution in [1.82, 2.24) is 4.98 Å². The van der Waals surface area contributed by atoms with E-state index in [4.69, 9.17) is 4.74 Å². The number of nitrogens with zero attached hydrogens (tertiary/aromatic N) is 1. The Morgan fingerprint density at radius 1 is 1.03 bits per heavy atom. The number of aromatic amines is 1. The third kappa shape index (κ3) is 4.29. The summed E-state index contributed by atoms with van der Waals surface area (Å²) < 4.78 is 5.04. The van der Waals surface area contributed by atoms with E-state index in [2.05, 4.69) is 15.2 Å². The molecule has 29 heavy (non-hydrogen) atoms. The molecule has 2 N–H and O–H groups in total. The fourth-order valence-corrected chi connectivity index (χ4v) is 3.46. The molecule has 7 nitrogen and oxygen atoms in total. The third-order valence-electron chi connectivity index (χ3n) is 4.93. The summed E-state index contributed by atoms with van der Waals surface area (Å²) in [4.78, 5) is 41.2. The average molecular weight is 391 g/mol. The molecule has 0 saturated carbocycles. The molecule has 1 saturated heterocycles. The minimum Gasteiger partial charge on any atom is -0.451 e. The van der Waals surface area contributed by atoms with Gasteiger partial charge in [0.05, 0.1) is 0 Å². The van der Waals surface area contributed by atoms with Crippen LogP contribution in [0.15, 0.2) is 59.4 Å². The Labute approximate surface area is 167 Å². The Bertz CT molecular complexity index is 1100. The van der Waals surface area contributed by atoms with Crippen LogP contribution in [-0.4, -0.2) is 36.6 Å². The highest BCUT2D eigenvalue weighted by Gasteiger charge is 2.14. The van der Waals surface area contributed by atoms with Crippen molar-refractivity contribution in [3.8, 4) is 0 Å². The molecular weight excluding hydrogens is 370 g/mol. The molecule has 1 aromatic heterocycles. The van der Waals surface area contributed by atoms with Gasteiger partial charge in [-0.2, -0.15) is 0 Å². The van der Waals surface area contributed by atoms with Gasteiger partial charge in [0.1, 0.15) is 5.69 Å². The predicted octanol–water partition coefficient (Wildman–Crippen LogP) is 2.92. The maximum Gasteiger partial charge on any atom is 0.355 e. The highest BCUT2D eigenvalue weighted by Crippen LogP contribution is 2.22. The van der Waals surface area contributed by atoms with Gasteiger partial charge in [-0.25, -0.2) is 4.79 Å². The van der Waals surface area contributed by atoms with Crippen LogP contribution in [-0.2, 0) is 9.53 Å². The summed E-state index contributed by atoms with van der Waals surface area (Å²) >= 11 is 0. The Kier molecular flexibility index (Phi) is 5.29. The van der Waals surface area contributed by atoms with Gasteiger partial charge in [0.25, 0.3) is 11.5 Å². The van der Waals surface area contributed by atoms with E-state index in [9.17, 15) is 14.4 Å². The zero-order valence-electron chi connectivity index (χ0n) is 15.8. The number of nitrogens with one attached hydrogen (secondary N) is 2. The number of benzene rings is 2. The molecule has 0 unspecified atom stereocenters. The van der Waals surface area contributed by atoms with E-state index in [0.29, 0.717) is 16.5 Å². The number of rotatable bonds is 5. The van der Waals surface area contributed by atoms with E-state index in [1.165, 1.54) is 18.9 Å². The number of carbonyl (C=O) groups excluding carboxylic acids is 2. The van der Waals surface area contributed by atoms with Gasteiger partial charge in [-0.1, -0.05) is 18.2 Å². The molecule has 0 atom stereocenters. The molecule has 0 aliphatic carbocycles. The molecule has 1 amide bonds. The van der Waals surface area contributed by atoms with Crippen LogP contribution < -0.4 is 15.8 Å². The van der Waals surface area contributed by atoms with Crippen LogP contribution in [0, 0.1) is 0 Å². The summed E-state index contributed by atoms with van der Waals surface area (Å²) in [5, 5.41) is 3.82. The van der Waals surface area contributed by atoms with Gasteiger partial charge in [-0.15, -0.1) is 0 Å². The monoisotopic (exact) mass is 391 g/mol. The van der Waals surface area contributed by atoms with Crippen LogP contribution in [0.5, 0.6) is 0 Å². The molecule has 4 rings (SSSR count). The van der Waals surface area contributed by atoms with Gasteiger partial charge in [-0.05, 0) is 54.6 Å². The van der Waals surface area contributed by atoms with Crippen molar-refractivity contribution in [3.05, 3.63) is 70.6 Å². The molecule has 1 aliphatic rings. The molecular formula is C22H21N3O4. The standard InChI is InChI=1S/C22H21N3O4/c26-20(23-16-7-9-17(10-8-16)25-11-3-4-12-25)14-29-22(28)19-13-15-5-1-2-6-18(15)21(27)24-19/h1-2,5-10,13H,3-4,11-12,14H2,(H,23,26)(H,24,27). The fourth-order valence-electron chi connectivity index (χ4n) is 3.46. The van der Waals surface area contributed by atoms with Crippen molar-refractivity contribution >= 4 is 34.0 Å². The topological polar surface area (TPSA) is 91.5 Å². The zero-order chi connectivity index (χ0) is 20.2. The number of ether oxygens (including phenoxy) is 1. The van der Waals surface area contributed by atoms with E-state index in [0.717, 1.165) is 18.8 Å². The summed E-state index contributed by atoms with van der Waals surface area (Å²) in [6.45, 7) is 1.67. The first-order chi connectivity index (χ1) is 14.1. The number of H-pyrrole nitrogens is 1. The third-order valence-corrected chi connectivity index (χ3v) is 4.93. The summed E-state index contributed by atoms with van der Waals surface area (Å²) in [7, 11) is 0. The molecule has 7 heteroatoms. The minimum absolute atomic E-state index is 0.0106. The van der Waals surface area contributed by atoms with Crippen LogP contribution in [0.2, 0.25) is 0 Å². The summed E-state index contributed by atoms with van der Waals surface area (Å²) in [6, 6.07) is 16.1. The van der Waals surface area contributed by atoms with Crippen LogP contribution in [0.3, 0.4) is 0 Å². The maximum absolute atomic E-state index is 12.2. The van der Waals surface area contributed by atoms with Gasteiger partial charge >= 0.3 is 5.97 Å². The van der Waals surface area contributed by atoms with Crippen molar-refractivity contribution in [1.29, 1.82) is 0 Å². The van der Waals surface area contributed by atoms with Crippen molar-refractivity contribution < 1.29 is 14.3 Å². The first-order valence-corrected chi connectivity index (χ1v) is 9.54. The maximum atomic E-state index is 12.2. The first kappa shape index (κ1) is 18.7. The number of anilines is 2. The number of hydrogen-bond acceptors (Lipinski definition) is 5. The molecule has 2 heterocycles. The quantitative estimate of drug-likeness (QED) is 0.653. The number of hydrogen-bond donors (Lipinski definition) is 2. The van der Waals surface area contributed by atoms with Gasteiger partial charge < -0.3 is 19.9 Å². The minimum atomic E-state index is -0.757. The van der Waals surface area contributed by atoms with Crippen molar-refractivity contribution in [2.24, 2.45) is 0 Å². The van der Waals surface area contributed by atoms with E-state index >= 15 is 0 Å². The first-order valence-electron chi connectivity index (χ1n) is 9.54. The van der Waals surface area contributed by atoms with E-state index in [-0.39, 0.29) is 11.3 Å². The molecule has 3 aromatic rings. The van der Waals surface area contributed by atoms with Crippen LogP contribution in [0.1, 0.15) is 23.3 Å². The molecule has 0 bridgehead atoms. The molecule has 1 aliphatic heterocycles. The largest absolute Gasteiger partial charge is 0.451 e.